The lowest BCUT2D eigenvalue weighted by Crippen LogP contribution is -2.48. The van der Waals surface area contributed by atoms with E-state index < -0.39 is 0 Å². The first-order chi connectivity index (χ1) is 19.1. The van der Waals surface area contributed by atoms with Crippen LogP contribution in [0.1, 0.15) is 66.0 Å². The molecule has 0 bridgehead atoms. The van der Waals surface area contributed by atoms with Crippen molar-refractivity contribution >= 4 is 28.9 Å². The Labute approximate surface area is 233 Å². The van der Waals surface area contributed by atoms with Crippen LogP contribution in [-0.2, 0) is 0 Å². The SMILES string of the molecule is CCC(CC)c1nc(-c2ccc(N3CCN(C4c5ccccc5NC(=O)c5ccccc54)CC3)c(Cl)c2)no1. The molecule has 6 rings (SSSR count). The van der Waals surface area contributed by atoms with Crippen LogP contribution in [0.2, 0.25) is 5.02 Å². The molecule has 1 amide bonds. The van der Waals surface area contributed by atoms with Crippen LogP contribution in [-0.4, -0.2) is 47.1 Å². The van der Waals surface area contributed by atoms with Gasteiger partial charge < -0.3 is 14.7 Å². The third-order valence-electron chi connectivity index (χ3n) is 8.01. The Morgan fingerprint density at radius 1 is 0.974 bits per heavy atom. The van der Waals surface area contributed by atoms with Crippen molar-refractivity contribution in [3.63, 3.8) is 0 Å². The van der Waals surface area contributed by atoms with E-state index in [1.165, 1.54) is 0 Å². The molecule has 0 spiro atoms. The van der Waals surface area contributed by atoms with Crippen LogP contribution in [0.15, 0.2) is 71.3 Å². The number of fused-ring (bicyclic) bond motifs is 2. The number of piperazine rings is 1. The molecule has 7 nitrogen and oxygen atoms in total. The Morgan fingerprint density at radius 2 is 1.69 bits per heavy atom. The fourth-order valence-electron chi connectivity index (χ4n) is 5.82. The van der Waals surface area contributed by atoms with Gasteiger partial charge >= 0.3 is 0 Å². The Hall–Kier alpha value is -3.68. The van der Waals surface area contributed by atoms with Crippen LogP contribution in [0.25, 0.3) is 11.4 Å². The molecule has 200 valence electrons. The highest BCUT2D eigenvalue weighted by Gasteiger charge is 2.33. The standard InChI is InChI=1S/C31H32ClN5O2/c1-3-20(4-2)31-34-29(35-39-31)21-13-14-27(25(32)19-21)36-15-17-37(18-16-36)28-22-9-5-6-10-23(22)30(38)33-26-12-8-7-11-24(26)28/h5-14,19-20,28H,3-4,15-18H2,1-2H3,(H,33,38). The molecule has 1 unspecified atom stereocenters. The molecule has 1 saturated heterocycles. The topological polar surface area (TPSA) is 74.5 Å². The van der Waals surface area contributed by atoms with E-state index in [0.29, 0.717) is 16.7 Å². The molecule has 0 radical (unpaired) electrons. The first-order valence-electron chi connectivity index (χ1n) is 13.7. The first kappa shape index (κ1) is 25.6. The number of para-hydroxylation sites is 1. The minimum absolute atomic E-state index is 0.00106. The Morgan fingerprint density at radius 3 is 2.44 bits per heavy atom. The number of nitrogens with zero attached hydrogens (tertiary/aromatic N) is 4. The average molecular weight is 542 g/mol. The van der Waals surface area contributed by atoms with E-state index in [1.807, 2.05) is 48.5 Å². The lowest BCUT2D eigenvalue weighted by atomic mass is 9.93. The second-order valence-corrected chi connectivity index (χ2v) is 10.6. The highest BCUT2D eigenvalue weighted by atomic mass is 35.5. The molecular weight excluding hydrogens is 510 g/mol. The van der Waals surface area contributed by atoms with Crippen molar-refractivity contribution in [3.05, 3.63) is 94.3 Å². The molecule has 0 saturated carbocycles. The van der Waals surface area contributed by atoms with Crippen LogP contribution in [0.3, 0.4) is 0 Å². The maximum Gasteiger partial charge on any atom is 0.256 e. The van der Waals surface area contributed by atoms with Crippen molar-refractivity contribution < 1.29 is 9.32 Å². The number of benzene rings is 3. The number of carbonyl (C=O) groups is 1. The Balaban J connectivity index is 1.22. The van der Waals surface area contributed by atoms with E-state index in [9.17, 15) is 4.79 Å². The summed E-state index contributed by atoms with van der Waals surface area (Å²) in [7, 11) is 0. The third kappa shape index (κ3) is 4.81. The predicted molar refractivity (Wildman–Crippen MR) is 155 cm³/mol. The van der Waals surface area contributed by atoms with Gasteiger partial charge in [0.15, 0.2) is 0 Å². The molecule has 1 atom stereocenters. The summed E-state index contributed by atoms with van der Waals surface area (Å²) in [5.41, 5.74) is 5.63. The average Bonchev–Trinajstić information content (AvgIpc) is 3.41. The summed E-state index contributed by atoms with van der Waals surface area (Å²) in [5, 5.41) is 7.99. The predicted octanol–water partition coefficient (Wildman–Crippen LogP) is 6.77. The molecule has 3 heterocycles. The summed E-state index contributed by atoms with van der Waals surface area (Å²) in [6, 6.07) is 22.1. The smallest absolute Gasteiger partial charge is 0.256 e. The van der Waals surface area contributed by atoms with E-state index in [1.54, 1.807) is 0 Å². The van der Waals surface area contributed by atoms with Crippen molar-refractivity contribution in [3.8, 4) is 11.4 Å². The number of carbonyl (C=O) groups excluding carboxylic acids is 1. The van der Waals surface area contributed by atoms with Crippen molar-refractivity contribution in [1.29, 1.82) is 0 Å². The molecule has 4 aromatic rings. The minimum atomic E-state index is -0.0558. The van der Waals surface area contributed by atoms with Gasteiger partial charge in [0, 0.05) is 48.9 Å². The van der Waals surface area contributed by atoms with E-state index >= 15 is 0 Å². The number of aromatic nitrogens is 2. The van der Waals surface area contributed by atoms with Crippen LogP contribution < -0.4 is 10.2 Å². The van der Waals surface area contributed by atoms with Gasteiger partial charge in [0.05, 0.1) is 16.8 Å². The van der Waals surface area contributed by atoms with Crippen LogP contribution in [0.4, 0.5) is 11.4 Å². The van der Waals surface area contributed by atoms with E-state index in [2.05, 4.69) is 57.3 Å². The second kappa shape index (κ2) is 10.8. The van der Waals surface area contributed by atoms with Crippen LogP contribution >= 0.6 is 11.6 Å². The van der Waals surface area contributed by atoms with Gasteiger partial charge in [-0.3, -0.25) is 9.69 Å². The lowest BCUT2D eigenvalue weighted by molar-refractivity contribution is 0.102. The van der Waals surface area contributed by atoms with Crippen LogP contribution in [0.5, 0.6) is 0 Å². The van der Waals surface area contributed by atoms with Gasteiger partial charge in [-0.1, -0.05) is 67.0 Å². The molecule has 39 heavy (non-hydrogen) atoms. The highest BCUT2D eigenvalue weighted by molar-refractivity contribution is 6.33. The molecule has 1 aromatic heterocycles. The molecule has 3 aromatic carbocycles. The van der Waals surface area contributed by atoms with Crippen LogP contribution in [0, 0.1) is 0 Å². The quantitative estimate of drug-likeness (QED) is 0.290. The summed E-state index contributed by atoms with van der Waals surface area (Å²) in [4.78, 5) is 22.4. The van der Waals surface area contributed by atoms with E-state index in [4.69, 9.17) is 16.1 Å². The van der Waals surface area contributed by atoms with Crippen molar-refractivity contribution in [2.24, 2.45) is 0 Å². The van der Waals surface area contributed by atoms with Gasteiger partial charge in [0.1, 0.15) is 0 Å². The fraction of sp³-hybridized carbons (Fsp3) is 0.323. The number of hydrogen-bond acceptors (Lipinski definition) is 6. The maximum absolute atomic E-state index is 13.0. The molecule has 1 fully saturated rings. The molecule has 0 aliphatic carbocycles. The zero-order valence-electron chi connectivity index (χ0n) is 22.2. The second-order valence-electron chi connectivity index (χ2n) is 10.2. The van der Waals surface area contributed by atoms with Gasteiger partial charge in [-0.2, -0.15) is 4.98 Å². The highest BCUT2D eigenvalue weighted by Crippen LogP contribution is 2.39. The zero-order chi connectivity index (χ0) is 26.9. The number of halogens is 1. The summed E-state index contributed by atoms with van der Waals surface area (Å²) < 4.78 is 5.54. The summed E-state index contributed by atoms with van der Waals surface area (Å²) in [6.45, 7) is 7.58. The molecule has 8 heteroatoms. The maximum atomic E-state index is 13.0. The van der Waals surface area contributed by atoms with Gasteiger partial charge in [0.2, 0.25) is 11.7 Å². The monoisotopic (exact) mass is 541 g/mol. The molecule has 2 aliphatic rings. The number of anilines is 2. The van der Waals surface area contributed by atoms with Gasteiger partial charge in [0.25, 0.3) is 5.91 Å². The Bertz CT molecular complexity index is 1490. The normalized spacial score (nSPS) is 17.5. The third-order valence-corrected chi connectivity index (χ3v) is 8.31. The van der Waals surface area contributed by atoms with E-state index in [0.717, 1.165) is 72.6 Å². The zero-order valence-corrected chi connectivity index (χ0v) is 23.0. The largest absolute Gasteiger partial charge is 0.368 e. The van der Waals surface area contributed by atoms with Crippen molar-refractivity contribution in [2.45, 2.75) is 38.6 Å². The molecule has 2 aliphatic heterocycles. The number of rotatable bonds is 6. The number of hydrogen-bond donors (Lipinski definition) is 1. The summed E-state index contributed by atoms with van der Waals surface area (Å²) in [5.74, 6) is 1.48. The minimum Gasteiger partial charge on any atom is -0.368 e. The first-order valence-corrected chi connectivity index (χ1v) is 14.1. The fourth-order valence-corrected chi connectivity index (χ4v) is 6.12. The van der Waals surface area contributed by atoms with Crippen molar-refractivity contribution in [1.82, 2.24) is 15.0 Å². The Kier molecular flexibility index (Phi) is 7.11. The van der Waals surface area contributed by atoms with Gasteiger partial charge in [-0.15, -0.1) is 0 Å². The van der Waals surface area contributed by atoms with Crippen molar-refractivity contribution in [2.75, 3.05) is 36.4 Å². The van der Waals surface area contributed by atoms with Gasteiger partial charge in [-0.25, -0.2) is 0 Å². The number of amides is 1. The lowest BCUT2D eigenvalue weighted by Gasteiger charge is -2.41. The summed E-state index contributed by atoms with van der Waals surface area (Å²) >= 11 is 6.81. The van der Waals surface area contributed by atoms with Gasteiger partial charge in [-0.05, 0) is 54.3 Å². The molecular formula is C31H32ClN5O2. The van der Waals surface area contributed by atoms with E-state index in [-0.39, 0.29) is 17.9 Å². The summed E-state index contributed by atoms with van der Waals surface area (Å²) in [6.07, 6.45) is 1.93. The number of nitrogens with one attached hydrogen (secondary N) is 1. The molecule has 1 N–H and O–H groups in total.